The van der Waals surface area contributed by atoms with Crippen LogP contribution in [0.25, 0.3) is 0 Å². The van der Waals surface area contributed by atoms with E-state index >= 15 is 0 Å². The number of aromatic nitrogens is 3. The van der Waals surface area contributed by atoms with Crippen LogP contribution in [-0.4, -0.2) is 52.8 Å². The van der Waals surface area contributed by atoms with Crippen LogP contribution in [0.15, 0.2) is 0 Å². The van der Waals surface area contributed by atoms with Gasteiger partial charge in [-0.3, -0.25) is 9.11 Å². The maximum Gasteiger partial charge on any atom is 0.323 e. The molecule has 1 aromatic rings. The van der Waals surface area contributed by atoms with Gasteiger partial charge in [0.05, 0.1) is 0 Å². The Kier molecular flexibility index (Phi) is 4.56. The van der Waals surface area contributed by atoms with Gasteiger partial charge in [-0.2, -0.15) is 26.8 Å². The number of rotatable bonds is 6. The zero-order valence-corrected chi connectivity index (χ0v) is 11.0. The summed E-state index contributed by atoms with van der Waals surface area (Å²) in [6.45, 7) is 1.38. The molecule has 13 heteroatoms. The quantitative estimate of drug-likeness (QED) is 0.594. The summed E-state index contributed by atoms with van der Waals surface area (Å²) >= 11 is 0. The molecule has 108 valence electrons. The molecule has 0 radical (unpaired) electrons. The first-order valence-electron chi connectivity index (χ1n) is 4.44. The number of aryl methyl sites for hydroxylation is 1. The van der Waals surface area contributed by atoms with Gasteiger partial charge in [-0.15, -0.1) is 4.98 Å². The summed E-state index contributed by atoms with van der Waals surface area (Å²) in [6, 6.07) is -0.981. The molecule has 0 fully saturated rings. The van der Waals surface area contributed by atoms with E-state index in [4.69, 9.17) is 9.11 Å². The zero-order valence-electron chi connectivity index (χ0n) is 9.42. The summed E-state index contributed by atoms with van der Waals surface area (Å²) < 4.78 is 67.8. The highest BCUT2D eigenvalue weighted by Crippen LogP contribution is 2.10. The first-order chi connectivity index (χ1) is 8.55. The van der Waals surface area contributed by atoms with Gasteiger partial charge in [-0.25, -0.2) is 0 Å². The summed E-state index contributed by atoms with van der Waals surface area (Å²) in [5.41, 5.74) is 0. The van der Waals surface area contributed by atoms with E-state index in [2.05, 4.69) is 24.4 Å². The zero-order chi connectivity index (χ0) is 14.7. The third-order valence-corrected chi connectivity index (χ3v) is 2.21. The van der Waals surface area contributed by atoms with Crippen LogP contribution in [-0.2, 0) is 20.2 Å². The monoisotopic (exact) mass is 315 g/mol. The molecule has 2 N–H and O–H groups in total. The predicted molar refractivity (Wildman–Crippen MR) is 58.7 cm³/mol. The van der Waals surface area contributed by atoms with Gasteiger partial charge in [0.1, 0.15) is 5.82 Å². The average molecular weight is 315 g/mol. The Morgan fingerprint density at radius 2 is 1.26 bits per heavy atom. The standard InChI is InChI=1S/C6H9N3O8S2/c1-4-7-5(16-2-18(10,11)12)9-6(8-4)17-3-19(13,14)15/h2-3H2,1H3,(H,10,11,12)(H,13,14,15). The second-order valence-corrected chi connectivity index (χ2v) is 5.94. The minimum Gasteiger partial charge on any atom is -0.444 e. The van der Waals surface area contributed by atoms with Gasteiger partial charge in [-0.1, -0.05) is 0 Å². The number of ether oxygens (including phenoxy) is 2. The van der Waals surface area contributed by atoms with Gasteiger partial charge < -0.3 is 9.47 Å². The Bertz CT molecular complexity index is 601. The molecule has 0 atom stereocenters. The van der Waals surface area contributed by atoms with Gasteiger partial charge in [0.2, 0.25) is 11.9 Å². The Morgan fingerprint density at radius 3 is 1.58 bits per heavy atom. The van der Waals surface area contributed by atoms with E-state index in [1.807, 2.05) is 0 Å². The molecular formula is C6H9N3O8S2. The van der Waals surface area contributed by atoms with Crippen molar-refractivity contribution in [3.63, 3.8) is 0 Å². The largest absolute Gasteiger partial charge is 0.444 e. The van der Waals surface area contributed by atoms with Crippen molar-refractivity contribution < 1.29 is 35.4 Å². The second-order valence-electron chi connectivity index (χ2n) is 3.14. The SMILES string of the molecule is Cc1nc(OCS(=O)(=O)O)nc(OCS(=O)(=O)O)n1. The van der Waals surface area contributed by atoms with E-state index in [0.29, 0.717) is 0 Å². The van der Waals surface area contributed by atoms with Gasteiger partial charge in [-0.05, 0) is 6.92 Å². The van der Waals surface area contributed by atoms with E-state index < -0.39 is 44.1 Å². The van der Waals surface area contributed by atoms with Crippen LogP contribution >= 0.6 is 0 Å². The van der Waals surface area contributed by atoms with Crippen LogP contribution in [0.3, 0.4) is 0 Å². The molecule has 1 rings (SSSR count). The molecule has 0 unspecified atom stereocenters. The number of hydrogen-bond acceptors (Lipinski definition) is 9. The van der Waals surface area contributed by atoms with Crippen molar-refractivity contribution in [2.75, 3.05) is 11.9 Å². The van der Waals surface area contributed by atoms with Crippen molar-refractivity contribution in [1.82, 2.24) is 15.0 Å². The molecule has 0 aromatic carbocycles. The highest BCUT2D eigenvalue weighted by Gasteiger charge is 2.12. The van der Waals surface area contributed by atoms with Gasteiger partial charge in [0.15, 0.2) is 0 Å². The Balaban J connectivity index is 2.82. The van der Waals surface area contributed by atoms with Crippen LogP contribution in [0, 0.1) is 6.92 Å². The van der Waals surface area contributed by atoms with Crippen LogP contribution < -0.4 is 9.47 Å². The van der Waals surface area contributed by atoms with Crippen molar-refractivity contribution in [3.8, 4) is 12.0 Å². The highest BCUT2D eigenvalue weighted by atomic mass is 32.2. The number of hydrogen-bond donors (Lipinski definition) is 2. The first kappa shape index (κ1) is 15.5. The molecule has 0 saturated heterocycles. The van der Waals surface area contributed by atoms with Crippen LogP contribution in [0.2, 0.25) is 0 Å². The molecule has 0 aliphatic rings. The van der Waals surface area contributed by atoms with E-state index in [-0.39, 0.29) is 5.82 Å². The lowest BCUT2D eigenvalue weighted by atomic mass is 10.7. The minimum absolute atomic E-state index is 0.0469. The van der Waals surface area contributed by atoms with Crippen molar-refractivity contribution in [2.45, 2.75) is 6.92 Å². The Hall–Kier alpha value is -1.57. The van der Waals surface area contributed by atoms with E-state index in [1.165, 1.54) is 6.92 Å². The molecule has 0 saturated carbocycles. The molecule has 11 nitrogen and oxygen atoms in total. The minimum atomic E-state index is -4.38. The maximum absolute atomic E-state index is 10.4. The predicted octanol–water partition coefficient (Wildman–Crippen LogP) is -1.37. The van der Waals surface area contributed by atoms with Crippen molar-refractivity contribution in [1.29, 1.82) is 0 Å². The molecular weight excluding hydrogens is 306 g/mol. The van der Waals surface area contributed by atoms with Crippen molar-refractivity contribution >= 4 is 20.2 Å². The summed E-state index contributed by atoms with van der Waals surface area (Å²) in [7, 11) is -8.77. The molecule has 0 spiro atoms. The van der Waals surface area contributed by atoms with Crippen molar-refractivity contribution in [3.05, 3.63) is 5.82 Å². The highest BCUT2D eigenvalue weighted by molar-refractivity contribution is 7.85. The van der Waals surface area contributed by atoms with Gasteiger partial charge in [0.25, 0.3) is 0 Å². The summed E-state index contributed by atoms with van der Waals surface area (Å²) in [4.78, 5) is 10.6. The van der Waals surface area contributed by atoms with Crippen LogP contribution in [0.1, 0.15) is 5.82 Å². The third-order valence-electron chi connectivity index (χ3n) is 1.38. The van der Waals surface area contributed by atoms with E-state index in [0.717, 1.165) is 0 Å². The fourth-order valence-corrected chi connectivity index (χ4v) is 1.33. The fourth-order valence-electron chi connectivity index (χ4n) is 0.817. The molecule has 1 heterocycles. The first-order valence-corrected chi connectivity index (χ1v) is 7.65. The summed E-state index contributed by atoms with van der Waals surface area (Å²) in [5, 5.41) is 0. The van der Waals surface area contributed by atoms with Gasteiger partial charge in [0, 0.05) is 0 Å². The molecule has 0 bridgehead atoms. The fraction of sp³-hybridized carbons (Fsp3) is 0.500. The molecule has 0 aliphatic heterocycles. The third kappa shape index (κ3) is 6.80. The van der Waals surface area contributed by atoms with E-state index in [9.17, 15) is 16.8 Å². The van der Waals surface area contributed by atoms with Crippen LogP contribution in [0.4, 0.5) is 0 Å². The molecule has 0 aliphatic carbocycles. The van der Waals surface area contributed by atoms with Gasteiger partial charge >= 0.3 is 32.3 Å². The lowest BCUT2D eigenvalue weighted by Gasteiger charge is -2.05. The second kappa shape index (κ2) is 5.60. The van der Waals surface area contributed by atoms with Crippen LogP contribution in [0.5, 0.6) is 12.0 Å². The maximum atomic E-state index is 10.4. The summed E-state index contributed by atoms with van der Waals surface area (Å²) in [5.74, 6) is -2.13. The smallest absolute Gasteiger partial charge is 0.323 e. The Morgan fingerprint density at radius 1 is 0.895 bits per heavy atom. The normalized spacial score (nSPS) is 12.2. The van der Waals surface area contributed by atoms with E-state index in [1.54, 1.807) is 0 Å². The Labute approximate surface area is 108 Å². The topological polar surface area (TPSA) is 166 Å². The summed E-state index contributed by atoms with van der Waals surface area (Å²) in [6.07, 6.45) is 0. The molecule has 1 aromatic heterocycles. The lowest BCUT2D eigenvalue weighted by Crippen LogP contribution is -2.15. The lowest BCUT2D eigenvalue weighted by molar-refractivity contribution is 0.296. The van der Waals surface area contributed by atoms with Crippen molar-refractivity contribution in [2.24, 2.45) is 0 Å². The average Bonchev–Trinajstić information content (AvgIpc) is 2.21. The number of nitrogens with zero attached hydrogens (tertiary/aromatic N) is 3. The molecule has 0 amide bonds. The molecule has 19 heavy (non-hydrogen) atoms.